The average molecular weight is 130 g/mol. The fraction of sp³-hybridized carbons (Fsp3) is 0. The zero-order valence-electron chi connectivity index (χ0n) is 4.09. The fourth-order valence-electron chi connectivity index (χ4n) is 0.311. The fourth-order valence-corrected chi connectivity index (χ4v) is 0.311. The van der Waals surface area contributed by atoms with Crippen molar-refractivity contribution in [3.8, 4) is 0 Å². The van der Waals surface area contributed by atoms with Crippen LogP contribution in [0, 0.1) is 0 Å². The van der Waals surface area contributed by atoms with Gasteiger partial charge in [0.1, 0.15) is 0 Å². The van der Waals surface area contributed by atoms with Gasteiger partial charge in [0, 0.05) is 0 Å². The van der Waals surface area contributed by atoms with Gasteiger partial charge in [-0.25, -0.2) is 4.79 Å². The van der Waals surface area contributed by atoms with E-state index in [0.29, 0.717) is 0 Å². The minimum absolute atomic E-state index is 0.0856. The van der Waals surface area contributed by atoms with E-state index >= 15 is 0 Å². The molecule has 0 saturated carbocycles. The molecular formula is C2H2N4O3. The SMILES string of the molecule is O=C(O)c1nnnn1O. The number of aromatic nitrogens is 4. The van der Waals surface area contributed by atoms with E-state index in [2.05, 4.69) is 15.5 Å². The van der Waals surface area contributed by atoms with Gasteiger partial charge >= 0.3 is 5.97 Å². The second-order valence-electron chi connectivity index (χ2n) is 1.20. The third-order valence-electron chi connectivity index (χ3n) is 0.645. The van der Waals surface area contributed by atoms with Crippen molar-refractivity contribution in [3.63, 3.8) is 0 Å². The molecule has 1 rings (SSSR count). The van der Waals surface area contributed by atoms with Crippen molar-refractivity contribution in [1.82, 2.24) is 20.4 Å². The molecule has 0 saturated heterocycles. The molecule has 2 N–H and O–H groups in total. The van der Waals surface area contributed by atoms with Crippen molar-refractivity contribution in [3.05, 3.63) is 5.82 Å². The zero-order chi connectivity index (χ0) is 6.85. The van der Waals surface area contributed by atoms with Gasteiger partial charge in [0.15, 0.2) is 0 Å². The summed E-state index contributed by atoms with van der Waals surface area (Å²) in [5, 5.41) is 25.3. The highest BCUT2D eigenvalue weighted by Gasteiger charge is 2.11. The molecular weight excluding hydrogens is 128 g/mol. The van der Waals surface area contributed by atoms with E-state index in [-0.39, 0.29) is 4.85 Å². The maximum Gasteiger partial charge on any atom is 0.379 e. The van der Waals surface area contributed by atoms with Gasteiger partial charge in [0.2, 0.25) is 0 Å². The molecule has 7 heteroatoms. The van der Waals surface area contributed by atoms with Gasteiger partial charge in [0.05, 0.1) is 0 Å². The van der Waals surface area contributed by atoms with Crippen LogP contribution < -0.4 is 0 Å². The zero-order valence-corrected chi connectivity index (χ0v) is 4.09. The molecule has 1 heterocycles. The summed E-state index contributed by atoms with van der Waals surface area (Å²) in [6.45, 7) is 0. The molecule has 0 aliphatic rings. The van der Waals surface area contributed by atoms with Crippen molar-refractivity contribution >= 4 is 5.97 Å². The van der Waals surface area contributed by atoms with Crippen LogP contribution in [-0.4, -0.2) is 36.7 Å². The van der Waals surface area contributed by atoms with Crippen LogP contribution >= 0.6 is 0 Å². The van der Waals surface area contributed by atoms with Crippen LogP contribution in [0.3, 0.4) is 0 Å². The van der Waals surface area contributed by atoms with E-state index < -0.39 is 11.8 Å². The molecule has 0 spiro atoms. The minimum Gasteiger partial charge on any atom is -0.475 e. The Kier molecular flexibility index (Phi) is 1.03. The number of nitrogens with zero attached hydrogens (tertiary/aromatic N) is 4. The first-order valence-electron chi connectivity index (χ1n) is 1.92. The van der Waals surface area contributed by atoms with Crippen molar-refractivity contribution in [2.45, 2.75) is 0 Å². The molecule has 0 amide bonds. The van der Waals surface area contributed by atoms with Gasteiger partial charge in [-0.05, 0) is 10.4 Å². The molecule has 0 aliphatic heterocycles. The lowest BCUT2D eigenvalue weighted by molar-refractivity contribution is 0.0608. The molecule has 1 aromatic rings. The number of hydrogen-bond donors (Lipinski definition) is 2. The first-order valence-corrected chi connectivity index (χ1v) is 1.92. The van der Waals surface area contributed by atoms with Crippen LogP contribution in [-0.2, 0) is 0 Å². The van der Waals surface area contributed by atoms with Gasteiger partial charge in [-0.15, -0.1) is 0 Å². The molecule has 0 aliphatic carbocycles. The summed E-state index contributed by atoms with van der Waals surface area (Å²) in [4.78, 5) is 10.0. The lowest BCUT2D eigenvalue weighted by Gasteiger charge is -1.84. The minimum atomic E-state index is -1.37. The van der Waals surface area contributed by atoms with Crippen LogP contribution in [0.5, 0.6) is 0 Å². The van der Waals surface area contributed by atoms with E-state index in [4.69, 9.17) is 10.3 Å². The highest BCUT2D eigenvalue weighted by Crippen LogP contribution is 1.84. The quantitative estimate of drug-likeness (QED) is 0.454. The van der Waals surface area contributed by atoms with Crippen molar-refractivity contribution in [2.75, 3.05) is 0 Å². The predicted molar refractivity (Wildman–Crippen MR) is 22.0 cm³/mol. The largest absolute Gasteiger partial charge is 0.475 e. The predicted octanol–water partition coefficient (Wildman–Crippen LogP) is -1.39. The highest BCUT2D eigenvalue weighted by atomic mass is 16.5. The molecule has 1 aromatic heterocycles. The molecule has 0 atom stereocenters. The van der Waals surface area contributed by atoms with Crippen LogP contribution in [0.1, 0.15) is 10.6 Å². The molecule has 9 heavy (non-hydrogen) atoms. The summed E-state index contributed by atoms with van der Waals surface area (Å²) in [7, 11) is 0. The third kappa shape index (κ3) is 0.784. The summed E-state index contributed by atoms with van der Waals surface area (Å²) in [6.07, 6.45) is 0. The Balaban J connectivity index is 3.08. The van der Waals surface area contributed by atoms with E-state index in [9.17, 15) is 4.79 Å². The van der Waals surface area contributed by atoms with Gasteiger partial charge in [-0.2, -0.15) is 0 Å². The first-order chi connectivity index (χ1) is 4.22. The van der Waals surface area contributed by atoms with E-state index in [0.717, 1.165) is 0 Å². The van der Waals surface area contributed by atoms with Gasteiger partial charge in [-0.1, -0.05) is 9.94 Å². The summed E-state index contributed by atoms with van der Waals surface area (Å²) in [5.74, 6) is -1.97. The summed E-state index contributed by atoms with van der Waals surface area (Å²) in [5.41, 5.74) is 0. The van der Waals surface area contributed by atoms with E-state index in [1.54, 1.807) is 0 Å². The second-order valence-corrected chi connectivity index (χ2v) is 1.20. The Morgan fingerprint density at radius 2 is 2.33 bits per heavy atom. The lowest BCUT2D eigenvalue weighted by atomic mass is 10.7. The Morgan fingerprint density at radius 1 is 1.67 bits per heavy atom. The number of hydrogen-bond acceptors (Lipinski definition) is 5. The molecule has 0 aromatic carbocycles. The lowest BCUT2D eigenvalue weighted by Crippen LogP contribution is -2.07. The average Bonchev–Trinajstić information content (AvgIpc) is 2.13. The number of rotatable bonds is 1. The number of tetrazole rings is 1. The Bertz CT molecular complexity index is 229. The maximum absolute atomic E-state index is 9.96. The van der Waals surface area contributed by atoms with Crippen molar-refractivity contribution in [2.24, 2.45) is 0 Å². The van der Waals surface area contributed by atoms with Crippen LogP contribution in [0.25, 0.3) is 0 Å². The Labute approximate surface area is 48.5 Å². The molecule has 0 fully saturated rings. The Hall–Kier alpha value is -1.66. The van der Waals surface area contributed by atoms with Crippen LogP contribution in [0.15, 0.2) is 0 Å². The van der Waals surface area contributed by atoms with Crippen LogP contribution in [0.4, 0.5) is 0 Å². The molecule has 0 bridgehead atoms. The molecule has 0 unspecified atom stereocenters. The third-order valence-corrected chi connectivity index (χ3v) is 0.645. The summed E-state index contributed by atoms with van der Waals surface area (Å²) in [6, 6.07) is 0. The molecule has 0 radical (unpaired) electrons. The number of carboxylic acid groups (broad SMARTS) is 1. The van der Waals surface area contributed by atoms with Gasteiger partial charge < -0.3 is 10.3 Å². The summed E-state index contributed by atoms with van der Waals surface area (Å²) >= 11 is 0. The number of carbonyl (C=O) groups is 1. The van der Waals surface area contributed by atoms with Gasteiger partial charge in [0.25, 0.3) is 5.82 Å². The van der Waals surface area contributed by atoms with Crippen molar-refractivity contribution < 1.29 is 15.1 Å². The first kappa shape index (κ1) is 5.48. The highest BCUT2D eigenvalue weighted by molar-refractivity contribution is 5.82. The summed E-state index contributed by atoms with van der Waals surface area (Å²) < 4.78 is 0. The topological polar surface area (TPSA) is 101 Å². The Morgan fingerprint density at radius 3 is 2.56 bits per heavy atom. The van der Waals surface area contributed by atoms with Crippen molar-refractivity contribution in [1.29, 1.82) is 0 Å². The normalized spacial score (nSPS) is 9.33. The van der Waals surface area contributed by atoms with Crippen LogP contribution in [0.2, 0.25) is 0 Å². The molecule has 48 valence electrons. The van der Waals surface area contributed by atoms with Gasteiger partial charge in [-0.3, -0.25) is 0 Å². The monoisotopic (exact) mass is 130 g/mol. The van der Waals surface area contributed by atoms with E-state index in [1.807, 2.05) is 0 Å². The maximum atomic E-state index is 9.96. The van der Waals surface area contributed by atoms with E-state index in [1.165, 1.54) is 0 Å². The smallest absolute Gasteiger partial charge is 0.379 e. The second kappa shape index (κ2) is 1.69. The number of carboxylic acids is 1. The number of aromatic carboxylic acids is 1. The standard InChI is InChI=1S/C2H2N4O3/c7-2(8)1-3-4-5-6(1)9/h9H,(H,7,8). The molecule has 7 nitrogen and oxygen atoms in total.